The molecule has 0 radical (unpaired) electrons. The highest BCUT2D eigenvalue weighted by Crippen LogP contribution is 2.34. The van der Waals surface area contributed by atoms with E-state index in [-0.39, 0.29) is 6.10 Å². The molecule has 0 N–H and O–H groups in total. The van der Waals surface area contributed by atoms with Crippen LogP contribution < -0.4 is 9.47 Å². The first-order chi connectivity index (χ1) is 8.81. The summed E-state index contributed by atoms with van der Waals surface area (Å²) in [4.78, 5) is 2.47. The van der Waals surface area contributed by atoms with Crippen LogP contribution in [0.1, 0.15) is 19.3 Å². The Morgan fingerprint density at radius 1 is 1.17 bits per heavy atom. The van der Waals surface area contributed by atoms with E-state index in [2.05, 4.69) is 4.90 Å². The van der Waals surface area contributed by atoms with Gasteiger partial charge in [0.1, 0.15) is 12.7 Å². The standard InChI is InChI=1S/C14H18ClNO2/c15-11-4-5-13-14(8-11)18-12(10-17-13)9-16-6-2-1-3-7-16/h4-5,8,12H,1-3,6-7,9-10H2. The number of piperidine rings is 1. The highest BCUT2D eigenvalue weighted by Gasteiger charge is 2.24. The van der Waals surface area contributed by atoms with Crippen molar-refractivity contribution in [3.8, 4) is 11.5 Å². The lowest BCUT2D eigenvalue weighted by Crippen LogP contribution is -2.42. The van der Waals surface area contributed by atoms with E-state index in [0.29, 0.717) is 11.6 Å². The summed E-state index contributed by atoms with van der Waals surface area (Å²) in [5, 5.41) is 0.691. The molecular formula is C14H18ClNO2. The monoisotopic (exact) mass is 267 g/mol. The summed E-state index contributed by atoms with van der Waals surface area (Å²) >= 11 is 5.97. The number of halogens is 1. The fraction of sp³-hybridized carbons (Fsp3) is 0.571. The molecule has 0 spiro atoms. The largest absolute Gasteiger partial charge is 0.486 e. The highest BCUT2D eigenvalue weighted by atomic mass is 35.5. The molecule has 1 unspecified atom stereocenters. The van der Waals surface area contributed by atoms with Gasteiger partial charge in [-0.2, -0.15) is 0 Å². The summed E-state index contributed by atoms with van der Waals surface area (Å²) < 4.78 is 11.7. The fourth-order valence-electron chi connectivity index (χ4n) is 2.61. The van der Waals surface area contributed by atoms with E-state index >= 15 is 0 Å². The molecule has 4 heteroatoms. The lowest BCUT2D eigenvalue weighted by Gasteiger charge is -2.33. The Bertz CT molecular complexity index is 418. The number of likely N-dealkylation sites (tertiary alicyclic amines) is 1. The molecular weight excluding hydrogens is 250 g/mol. The van der Waals surface area contributed by atoms with Crippen LogP contribution in [-0.2, 0) is 0 Å². The van der Waals surface area contributed by atoms with Crippen molar-refractivity contribution in [1.29, 1.82) is 0 Å². The summed E-state index contributed by atoms with van der Waals surface area (Å²) in [5.41, 5.74) is 0. The number of ether oxygens (including phenoxy) is 2. The Kier molecular flexibility index (Phi) is 3.62. The first-order valence-corrected chi connectivity index (χ1v) is 7.00. The third-order valence-electron chi connectivity index (χ3n) is 3.53. The second-order valence-corrected chi connectivity index (χ2v) is 5.44. The molecule has 0 bridgehead atoms. The van der Waals surface area contributed by atoms with Gasteiger partial charge in [0.2, 0.25) is 0 Å². The average Bonchev–Trinajstić information content (AvgIpc) is 2.39. The minimum absolute atomic E-state index is 0.120. The number of hydrogen-bond acceptors (Lipinski definition) is 3. The van der Waals surface area contributed by atoms with Crippen molar-refractivity contribution < 1.29 is 9.47 Å². The Hall–Kier alpha value is -0.930. The topological polar surface area (TPSA) is 21.7 Å². The first-order valence-electron chi connectivity index (χ1n) is 6.62. The Morgan fingerprint density at radius 2 is 2.00 bits per heavy atom. The van der Waals surface area contributed by atoms with E-state index in [9.17, 15) is 0 Å². The van der Waals surface area contributed by atoms with E-state index in [4.69, 9.17) is 21.1 Å². The van der Waals surface area contributed by atoms with Crippen molar-refractivity contribution in [2.75, 3.05) is 26.2 Å². The molecule has 2 aliphatic rings. The second kappa shape index (κ2) is 5.37. The van der Waals surface area contributed by atoms with Crippen LogP contribution in [-0.4, -0.2) is 37.2 Å². The predicted octanol–water partition coefficient (Wildman–Crippen LogP) is 2.97. The van der Waals surface area contributed by atoms with Crippen molar-refractivity contribution in [3.63, 3.8) is 0 Å². The lowest BCUT2D eigenvalue weighted by molar-refractivity contribution is 0.0533. The van der Waals surface area contributed by atoms with E-state index in [1.54, 1.807) is 0 Å². The second-order valence-electron chi connectivity index (χ2n) is 5.00. The predicted molar refractivity (Wildman–Crippen MR) is 71.7 cm³/mol. The van der Waals surface area contributed by atoms with Gasteiger partial charge in [-0.25, -0.2) is 0 Å². The van der Waals surface area contributed by atoms with Gasteiger partial charge < -0.3 is 9.47 Å². The van der Waals surface area contributed by atoms with Gasteiger partial charge in [-0.3, -0.25) is 4.90 Å². The van der Waals surface area contributed by atoms with Crippen LogP contribution in [0.25, 0.3) is 0 Å². The maximum Gasteiger partial charge on any atom is 0.163 e. The van der Waals surface area contributed by atoms with Crippen LogP contribution >= 0.6 is 11.6 Å². The Labute approximate surface area is 113 Å². The van der Waals surface area contributed by atoms with Gasteiger partial charge in [-0.05, 0) is 38.1 Å². The zero-order chi connectivity index (χ0) is 12.4. The van der Waals surface area contributed by atoms with Crippen LogP contribution in [0.15, 0.2) is 18.2 Å². The fourth-order valence-corrected chi connectivity index (χ4v) is 2.77. The van der Waals surface area contributed by atoms with Gasteiger partial charge >= 0.3 is 0 Å². The maximum atomic E-state index is 5.97. The van der Waals surface area contributed by atoms with Gasteiger partial charge in [0.25, 0.3) is 0 Å². The van der Waals surface area contributed by atoms with Crippen LogP contribution in [0.2, 0.25) is 5.02 Å². The molecule has 1 aromatic carbocycles. The quantitative estimate of drug-likeness (QED) is 0.822. The van der Waals surface area contributed by atoms with Crippen LogP contribution in [0.3, 0.4) is 0 Å². The summed E-state index contributed by atoms with van der Waals surface area (Å²) in [5.74, 6) is 1.57. The van der Waals surface area contributed by atoms with Crippen LogP contribution in [0, 0.1) is 0 Å². The molecule has 18 heavy (non-hydrogen) atoms. The molecule has 0 amide bonds. The molecule has 1 atom stereocenters. The number of nitrogens with zero attached hydrogens (tertiary/aromatic N) is 1. The lowest BCUT2D eigenvalue weighted by atomic mass is 10.1. The van der Waals surface area contributed by atoms with Gasteiger partial charge in [-0.1, -0.05) is 18.0 Å². The SMILES string of the molecule is Clc1ccc2c(c1)OC(CN1CCCCC1)CO2. The maximum absolute atomic E-state index is 5.97. The molecule has 1 saturated heterocycles. The van der Waals surface area contributed by atoms with Crippen molar-refractivity contribution in [2.45, 2.75) is 25.4 Å². The molecule has 3 rings (SSSR count). The third kappa shape index (κ3) is 2.73. The van der Waals surface area contributed by atoms with Crippen molar-refractivity contribution in [2.24, 2.45) is 0 Å². The third-order valence-corrected chi connectivity index (χ3v) is 3.77. The summed E-state index contributed by atoms with van der Waals surface area (Å²) in [6, 6.07) is 5.53. The normalized spacial score (nSPS) is 23.9. The molecule has 0 saturated carbocycles. The zero-order valence-electron chi connectivity index (χ0n) is 10.4. The number of benzene rings is 1. The minimum Gasteiger partial charge on any atom is -0.486 e. The van der Waals surface area contributed by atoms with Gasteiger partial charge in [0, 0.05) is 17.6 Å². The smallest absolute Gasteiger partial charge is 0.163 e. The average molecular weight is 268 g/mol. The summed E-state index contributed by atoms with van der Waals surface area (Å²) in [6.07, 6.45) is 4.08. The number of hydrogen-bond donors (Lipinski definition) is 0. The van der Waals surface area contributed by atoms with Gasteiger partial charge in [0.15, 0.2) is 11.5 Å². The zero-order valence-corrected chi connectivity index (χ0v) is 11.2. The van der Waals surface area contributed by atoms with E-state index in [1.807, 2.05) is 18.2 Å². The van der Waals surface area contributed by atoms with Crippen LogP contribution in [0.5, 0.6) is 11.5 Å². The molecule has 2 heterocycles. The van der Waals surface area contributed by atoms with Crippen molar-refractivity contribution >= 4 is 11.6 Å². The number of rotatable bonds is 2. The van der Waals surface area contributed by atoms with Crippen molar-refractivity contribution in [1.82, 2.24) is 4.90 Å². The van der Waals surface area contributed by atoms with E-state index in [0.717, 1.165) is 18.0 Å². The summed E-state index contributed by atoms with van der Waals surface area (Å²) in [6.45, 7) is 3.95. The van der Waals surface area contributed by atoms with E-state index < -0.39 is 0 Å². The number of fused-ring (bicyclic) bond motifs is 1. The molecule has 3 nitrogen and oxygen atoms in total. The minimum atomic E-state index is 0.120. The van der Waals surface area contributed by atoms with Gasteiger partial charge in [-0.15, -0.1) is 0 Å². The molecule has 1 fully saturated rings. The highest BCUT2D eigenvalue weighted by molar-refractivity contribution is 6.30. The Morgan fingerprint density at radius 3 is 2.83 bits per heavy atom. The van der Waals surface area contributed by atoms with Crippen molar-refractivity contribution in [3.05, 3.63) is 23.2 Å². The molecule has 1 aromatic rings. The van der Waals surface area contributed by atoms with Crippen LogP contribution in [0.4, 0.5) is 0 Å². The van der Waals surface area contributed by atoms with Gasteiger partial charge in [0.05, 0.1) is 0 Å². The molecule has 0 aliphatic carbocycles. The molecule has 98 valence electrons. The summed E-state index contributed by atoms with van der Waals surface area (Å²) in [7, 11) is 0. The molecule has 2 aliphatic heterocycles. The van der Waals surface area contributed by atoms with E-state index in [1.165, 1.54) is 32.4 Å². The molecule has 0 aromatic heterocycles. The first kappa shape index (κ1) is 12.1. The Balaban J connectivity index is 1.63.